The van der Waals surface area contributed by atoms with Crippen LogP contribution in [0.1, 0.15) is 37.3 Å². The van der Waals surface area contributed by atoms with Crippen LogP contribution >= 0.6 is 0 Å². The molecule has 1 atom stereocenters. The number of hydrogen-bond donors (Lipinski definition) is 2. The van der Waals surface area contributed by atoms with Crippen LogP contribution in [-0.2, 0) is 4.74 Å². The second-order valence-electron chi connectivity index (χ2n) is 6.53. The lowest BCUT2D eigenvalue weighted by atomic mass is 9.98. The zero-order chi connectivity index (χ0) is 17.2. The van der Waals surface area contributed by atoms with E-state index in [1.807, 2.05) is 31.2 Å². The standard InChI is InChI=1S/C20H23NO3/c1-3-20(2,23)13-21-19(22)24-12-18-16-10-6-4-8-14(16)15-9-5-7-11-17(15)18/h4-11,18,23H,3,12-13H2,1-2H3,(H,21,22). The van der Waals surface area contributed by atoms with Crippen LogP contribution in [0, 0.1) is 0 Å². The predicted octanol–water partition coefficient (Wildman–Crippen LogP) is 3.69. The van der Waals surface area contributed by atoms with Crippen LogP contribution in [0.2, 0.25) is 0 Å². The van der Waals surface area contributed by atoms with Gasteiger partial charge in [0.25, 0.3) is 0 Å². The molecule has 24 heavy (non-hydrogen) atoms. The Balaban J connectivity index is 1.69. The van der Waals surface area contributed by atoms with Gasteiger partial charge >= 0.3 is 6.09 Å². The third-order valence-corrected chi connectivity index (χ3v) is 4.72. The fraction of sp³-hybridized carbons (Fsp3) is 0.350. The molecule has 1 unspecified atom stereocenters. The molecule has 0 saturated carbocycles. The van der Waals surface area contributed by atoms with Gasteiger partial charge in [0.15, 0.2) is 0 Å². The van der Waals surface area contributed by atoms with Crippen molar-refractivity contribution in [2.45, 2.75) is 31.8 Å². The van der Waals surface area contributed by atoms with Gasteiger partial charge in [-0.2, -0.15) is 0 Å². The zero-order valence-corrected chi connectivity index (χ0v) is 14.1. The number of amides is 1. The first-order valence-electron chi connectivity index (χ1n) is 8.33. The average molecular weight is 325 g/mol. The maximum absolute atomic E-state index is 11.9. The first-order chi connectivity index (χ1) is 11.5. The summed E-state index contributed by atoms with van der Waals surface area (Å²) in [7, 11) is 0. The SMILES string of the molecule is CCC(C)(O)CNC(=O)OCC1c2ccccc2-c2ccccc21. The molecule has 3 rings (SSSR count). The smallest absolute Gasteiger partial charge is 0.407 e. The van der Waals surface area contributed by atoms with Crippen molar-refractivity contribution in [3.05, 3.63) is 59.7 Å². The lowest BCUT2D eigenvalue weighted by Crippen LogP contribution is -2.40. The first kappa shape index (κ1) is 16.5. The lowest BCUT2D eigenvalue weighted by molar-refractivity contribution is 0.0524. The van der Waals surface area contributed by atoms with E-state index < -0.39 is 11.7 Å². The molecule has 1 aliphatic rings. The largest absolute Gasteiger partial charge is 0.449 e. The highest BCUT2D eigenvalue weighted by atomic mass is 16.5. The first-order valence-corrected chi connectivity index (χ1v) is 8.33. The van der Waals surface area contributed by atoms with Gasteiger partial charge in [-0.05, 0) is 35.6 Å². The highest BCUT2D eigenvalue weighted by Crippen LogP contribution is 2.44. The average Bonchev–Trinajstić information content (AvgIpc) is 2.92. The second-order valence-corrected chi connectivity index (χ2v) is 6.53. The summed E-state index contributed by atoms with van der Waals surface area (Å²) in [6.45, 7) is 4.03. The van der Waals surface area contributed by atoms with Crippen molar-refractivity contribution < 1.29 is 14.6 Å². The van der Waals surface area contributed by atoms with E-state index in [0.29, 0.717) is 6.42 Å². The fourth-order valence-electron chi connectivity index (χ4n) is 3.04. The van der Waals surface area contributed by atoms with E-state index in [9.17, 15) is 9.90 Å². The van der Waals surface area contributed by atoms with Crippen molar-refractivity contribution in [3.63, 3.8) is 0 Å². The minimum absolute atomic E-state index is 0.0508. The number of carbonyl (C=O) groups is 1. The van der Waals surface area contributed by atoms with Crippen LogP contribution in [0.4, 0.5) is 4.79 Å². The van der Waals surface area contributed by atoms with Crippen molar-refractivity contribution in [2.24, 2.45) is 0 Å². The molecule has 4 heteroatoms. The van der Waals surface area contributed by atoms with Gasteiger partial charge in [-0.25, -0.2) is 4.79 Å². The molecule has 0 bridgehead atoms. The van der Waals surface area contributed by atoms with Gasteiger partial charge in [0.05, 0.1) is 5.60 Å². The quantitative estimate of drug-likeness (QED) is 0.881. The predicted molar refractivity (Wildman–Crippen MR) is 94.0 cm³/mol. The van der Waals surface area contributed by atoms with E-state index in [0.717, 1.165) is 0 Å². The normalized spacial score (nSPS) is 15.3. The van der Waals surface area contributed by atoms with E-state index in [1.54, 1.807) is 6.92 Å². The van der Waals surface area contributed by atoms with Crippen LogP contribution in [-0.4, -0.2) is 30.0 Å². The summed E-state index contributed by atoms with van der Waals surface area (Å²) in [5.41, 5.74) is 3.87. The van der Waals surface area contributed by atoms with Gasteiger partial charge in [0, 0.05) is 12.5 Å². The third-order valence-electron chi connectivity index (χ3n) is 4.72. The molecule has 4 nitrogen and oxygen atoms in total. The Kier molecular flexibility index (Phi) is 4.58. The summed E-state index contributed by atoms with van der Waals surface area (Å²) < 4.78 is 5.42. The molecule has 0 aliphatic heterocycles. The maximum atomic E-state index is 11.9. The van der Waals surface area contributed by atoms with Crippen LogP contribution in [0.15, 0.2) is 48.5 Å². The van der Waals surface area contributed by atoms with Gasteiger partial charge in [0.2, 0.25) is 0 Å². The number of ether oxygens (including phenoxy) is 1. The Hall–Kier alpha value is -2.33. The van der Waals surface area contributed by atoms with Crippen LogP contribution in [0.5, 0.6) is 0 Å². The Morgan fingerprint density at radius 3 is 2.21 bits per heavy atom. The molecule has 2 aromatic carbocycles. The molecule has 0 saturated heterocycles. The molecule has 0 radical (unpaired) electrons. The molecule has 0 spiro atoms. The van der Waals surface area contributed by atoms with E-state index in [4.69, 9.17) is 4.74 Å². The van der Waals surface area contributed by atoms with E-state index in [2.05, 4.69) is 29.6 Å². The van der Waals surface area contributed by atoms with Gasteiger partial charge in [-0.3, -0.25) is 0 Å². The summed E-state index contributed by atoms with van der Waals surface area (Å²) in [5.74, 6) is 0.0508. The third kappa shape index (κ3) is 3.29. The van der Waals surface area contributed by atoms with Gasteiger partial charge in [-0.15, -0.1) is 0 Å². The van der Waals surface area contributed by atoms with Crippen LogP contribution < -0.4 is 5.32 Å². The zero-order valence-electron chi connectivity index (χ0n) is 14.1. The Morgan fingerprint density at radius 2 is 1.67 bits per heavy atom. The van der Waals surface area contributed by atoms with Crippen molar-refractivity contribution in [3.8, 4) is 11.1 Å². The number of carbonyl (C=O) groups excluding carboxylic acids is 1. The summed E-state index contributed by atoms with van der Waals surface area (Å²) in [6, 6.07) is 16.5. The molecular weight excluding hydrogens is 302 g/mol. The Labute approximate surface area is 142 Å². The van der Waals surface area contributed by atoms with Gasteiger partial charge in [0.1, 0.15) is 6.61 Å². The number of hydrogen-bond acceptors (Lipinski definition) is 3. The molecular formula is C20H23NO3. The Bertz CT molecular complexity index is 694. The van der Waals surface area contributed by atoms with Crippen molar-refractivity contribution >= 4 is 6.09 Å². The van der Waals surface area contributed by atoms with Crippen molar-refractivity contribution in [1.82, 2.24) is 5.32 Å². The molecule has 126 valence electrons. The number of alkyl carbamates (subject to hydrolysis) is 1. The number of nitrogens with one attached hydrogen (secondary N) is 1. The minimum atomic E-state index is -0.911. The fourth-order valence-corrected chi connectivity index (χ4v) is 3.04. The molecule has 1 amide bonds. The Morgan fingerprint density at radius 1 is 1.12 bits per heavy atom. The summed E-state index contributed by atoms with van der Waals surface area (Å²) in [4.78, 5) is 11.9. The number of aliphatic hydroxyl groups is 1. The summed E-state index contributed by atoms with van der Waals surface area (Å²) in [6.07, 6.45) is 0.0713. The molecule has 2 N–H and O–H groups in total. The van der Waals surface area contributed by atoms with E-state index >= 15 is 0 Å². The minimum Gasteiger partial charge on any atom is -0.449 e. The van der Waals surface area contributed by atoms with Gasteiger partial charge < -0.3 is 15.2 Å². The number of fused-ring (bicyclic) bond motifs is 3. The van der Waals surface area contributed by atoms with Crippen molar-refractivity contribution in [2.75, 3.05) is 13.2 Å². The number of rotatable bonds is 5. The number of benzene rings is 2. The van der Waals surface area contributed by atoms with Crippen LogP contribution in [0.3, 0.4) is 0 Å². The molecule has 1 aliphatic carbocycles. The van der Waals surface area contributed by atoms with Gasteiger partial charge in [-0.1, -0.05) is 55.5 Å². The highest BCUT2D eigenvalue weighted by molar-refractivity contribution is 5.79. The van der Waals surface area contributed by atoms with E-state index in [1.165, 1.54) is 22.3 Å². The molecule has 0 fully saturated rings. The molecule has 0 aromatic heterocycles. The van der Waals surface area contributed by atoms with Crippen molar-refractivity contribution in [1.29, 1.82) is 0 Å². The second kappa shape index (κ2) is 6.65. The lowest BCUT2D eigenvalue weighted by Gasteiger charge is -2.21. The monoisotopic (exact) mass is 325 g/mol. The topological polar surface area (TPSA) is 58.6 Å². The van der Waals surface area contributed by atoms with Crippen LogP contribution in [0.25, 0.3) is 11.1 Å². The maximum Gasteiger partial charge on any atom is 0.407 e. The summed E-state index contributed by atoms with van der Waals surface area (Å²) >= 11 is 0. The van der Waals surface area contributed by atoms with E-state index in [-0.39, 0.29) is 19.1 Å². The molecule has 0 heterocycles. The summed E-state index contributed by atoms with van der Waals surface area (Å²) in [5, 5.41) is 12.6. The highest BCUT2D eigenvalue weighted by Gasteiger charge is 2.29. The molecule has 2 aromatic rings.